The van der Waals surface area contributed by atoms with Gasteiger partial charge in [0.1, 0.15) is 35.4 Å². The largest absolute Gasteiger partial charge is 0.344 e. The van der Waals surface area contributed by atoms with E-state index in [-0.39, 0.29) is 22.0 Å². The molecular weight excluding hydrogens is 555 g/mol. The molecule has 2 aliphatic rings. The van der Waals surface area contributed by atoms with Gasteiger partial charge in [0.2, 0.25) is 0 Å². The predicted octanol–water partition coefficient (Wildman–Crippen LogP) is 8.93. The molecule has 0 spiro atoms. The third kappa shape index (κ3) is 3.30. The number of nitriles is 4. The Hall–Kier alpha value is -4.92. The van der Waals surface area contributed by atoms with Crippen LogP contribution in [0, 0.1) is 45.3 Å². The monoisotopic (exact) mass is 577 g/mol. The van der Waals surface area contributed by atoms with Crippen molar-refractivity contribution in [2.75, 3.05) is 0 Å². The summed E-state index contributed by atoms with van der Waals surface area (Å²) in [5.74, 6) is 0. The quantitative estimate of drug-likeness (QED) is 0.196. The molecule has 0 saturated carbocycles. The van der Waals surface area contributed by atoms with Crippen molar-refractivity contribution in [2.45, 2.75) is 38.5 Å². The normalized spacial score (nSPS) is 14.6. The van der Waals surface area contributed by atoms with Gasteiger partial charge >= 0.3 is 0 Å². The number of thiophene rings is 2. The zero-order valence-electron chi connectivity index (χ0n) is 23.7. The van der Waals surface area contributed by atoms with Crippen LogP contribution in [0.15, 0.2) is 47.5 Å². The third-order valence-electron chi connectivity index (χ3n) is 9.02. The van der Waals surface area contributed by atoms with Crippen LogP contribution in [0.4, 0.5) is 0 Å². The lowest BCUT2D eigenvalue weighted by molar-refractivity contribution is 0.662. The Bertz CT molecular complexity index is 2110. The van der Waals surface area contributed by atoms with E-state index >= 15 is 0 Å². The molecule has 0 atom stereocenters. The van der Waals surface area contributed by atoms with Gasteiger partial charge in [0.15, 0.2) is 0 Å². The first-order valence-electron chi connectivity index (χ1n) is 13.5. The number of nitrogens with zero attached hydrogens (tertiary/aromatic N) is 5. The van der Waals surface area contributed by atoms with Crippen LogP contribution in [-0.4, -0.2) is 4.57 Å². The molecule has 0 saturated heterocycles. The fourth-order valence-corrected chi connectivity index (χ4v) is 9.33. The van der Waals surface area contributed by atoms with Crippen LogP contribution >= 0.6 is 22.7 Å². The number of hydrogen-bond donors (Lipinski definition) is 0. The smallest absolute Gasteiger partial charge is 0.131 e. The van der Waals surface area contributed by atoms with Gasteiger partial charge in [0.25, 0.3) is 0 Å². The van der Waals surface area contributed by atoms with Crippen molar-refractivity contribution in [3.63, 3.8) is 0 Å². The zero-order chi connectivity index (χ0) is 29.7. The van der Waals surface area contributed by atoms with Crippen LogP contribution in [-0.2, 0) is 17.9 Å². The predicted molar refractivity (Wildman–Crippen MR) is 170 cm³/mol. The number of aryl methyl sites for hydroxylation is 1. The van der Waals surface area contributed by atoms with Gasteiger partial charge in [-0.05, 0) is 81.9 Å². The molecule has 0 fully saturated rings. The van der Waals surface area contributed by atoms with E-state index in [9.17, 15) is 21.0 Å². The summed E-state index contributed by atoms with van der Waals surface area (Å²) in [6, 6.07) is 21.5. The molecule has 5 nitrogen and oxygen atoms in total. The van der Waals surface area contributed by atoms with Crippen LogP contribution in [0.1, 0.15) is 59.7 Å². The summed E-state index contributed by atoms with van der Waals surface area (Å²) in [5, 5.41) is 39.5. The van der Waals surface area contributed by atoms with E-state index in [2.05, 4.69) is 75.7 Å². The van der Waals surface area contributed by atoms with Crippen LogP contribution < -0.4 is 0 Å². The summed E-state index contributed by atoms with van der Waals surface area (Å²) in [5.41, 5.74) is 9.61. The van der Waals surface area contributed by atoms with Gasteiger partial charge in [0.05, 0.1) is 0 Å². The molecule has 3 heterocycles. The molecule has 0 bridgehead atoms. The Morgan fingerprint density at radius 3 is 1.36 bits per heavy atom. The zero-order valence-corrected chi connectivity index (χ0v) is 25.3. The summed E-state index contributed by atoms with van der Waals surface area (Å²) in [6.45, 7) is 9.00. The highest BCUT2D eigenvalue weighted by Gasteiger charge is 2.40. The third-order valence-corrected chi connectivity index (χ3v) is 11.3. The number of aromatic nitrogens is 1. The van der Waals surface area contributed by atoms with Crippen LogP contribution in [0.25, 0.3) is 54.8 Å². The summed E-state index contributed by atoms with van der Waals surface area (Å²) < 4.78 is 2.27. The summed E-state index contributed by atoms with van der Waals surface area (Å²) >= 11 is 3.27. The van der Waals surface area contributed by atoms with E-state index in [0.29, 0.717) is 0 Å². The Morgan fingerprint density at radius 2 is 1.00 bits per heavy atom. The number of benzene rings is 2. The molecular formula is C35H23N5S2. The SMILES string of the molecule is Cn1c2cc3c(cc2c2cc4c(cc21)-c1sc(C=C(C#N)C#N)cc1C4(C)C)C(C)(C)c1cc(C=C(C#N)C#N)sc1-3. The van der Waals surface area contributed by atoms with Crippen molar-refractivity contribution in [3.05, 3.63) is 79.6 Å². The molecule has 7 heteroatoms. The first-order chi connectivity index (χ1) is 20.0. The maximum atomic E-state index is 9.25. The van der Waals surface area contributed by atoms with Crippen molar-refractivity contribution in [3.8, 4) is 45.2 Å². The number of allylic oxidation sites excluding steroid dienone is 2. The van der Waals surface area contributed by atoms with Gasteiger partial charge < -0.3 is 4.57 Å². The molecule has 0 unspecified atom stereocenters. The molecule has 2 aromatic carbocycles. The van der Waals surface area contributed by atoms with Crippen molar-refractivity contribution in [1.29, 1.82) is 21.0 Å². The molecule has 5 aromatic rings. The Labute approximate surface area is 251 Å². The van der Waals surface area contributed by atoms with E-state index in [0.717, 1.165) is 20.8 Å². The van der Waals surface area contributed by atoms with Crippen molar-refractivity contribution < 1.29 is 0 Å². The Kier molecular flexibility index (Phi) is 5.29. The van der Waals surface area contributed by atoms with E-state index in [1.807, 2.05) is 24.3 Å². The minimum Gasteiger partial charge on any atom is -0.344 e. The second kappa shape index (κ2) is 8.55. The molecule has 0 amide bonds. The molecule has 3 aromatic heterocycles. The van der Waals surface area contributed by atoms with Crippen molar-refractivity contribution in [2.24, 2.45) is 7.05 Å². The van der Waals surface area contributed by atoms with E-state index in [4.69, 9.17) is 0 Å². The summed E-state index contributed by atoms with van der Waals surface area (Å²) in [4.78, 5) is 4.24. The maximum Gasteiger partial charge on any atom is 0.131 e. The fraction of sp³-hybridized carbons (Fsp3) is 0.200. The number of fused-ring (bicyclic) bond motifs is 9. The van der Waals surface area contributed by atoms with Crippen LogP contribution in [0.2, 0.25) is 0 Å². The lowest BCUT2D eigenvalue weighted by Crippen LogP contribution is -2.14. The van der Waals surface area contributed by atoms with E-state index in [1.165, 1.54) is 53.9 Å². The van der Waals surface area contributed by atoms with E-state index in [1.54, 1.807) is 34.8 Å². The highest BCUT2D eigenvalue weighted by Crippen LogP contribution is 2.56. The van der Waals surface area contributed by atoms with Crippen molar-refractivity contribution in [1.82, 2.24) is 4.57 Å². The number of hydrogen-bond acceptors (Lipinski definition) is 6. The van der Waals surface area contributed by atoms with Gasteiger partial charge in [-0.15, -0.1) is 22.7 Å². The second-order valence-electron chi connectivity index (χ2n) is 12.0. The molecule has 200 valence electrons. The number of rotatable bonds is 2. The van der Waals surface area contributed by atoms with Gasteiger partial charge in [0, 0.05) is 59.2 Å². The minimum atomic E-state index is -0.209. The molecule has 42 heavy (non-hydrogen) atoms. The summed E-state index contributed by atoms with van der Waals surface area (Å²) in [7, 11) is 2.12. The fourth-order valence-electron chi connectivity index (χ4n) is 6.75. The maximum absolute atomic E-state index is 9.25. The van der Waals surface area contributed by atoms with Crippen LogP contribution in [0.5, 0.6) is 0 Å². The highest BCUT2D eigenvalue weighted by molar-refractivity contribution is 7.17. The molecule has 0 N–H and O–H groups in total. The average molecular weight is 578 g/mol. The molecule has 7 rings (SSSR count). The van der Waals surface area contributed by atoms with E-state index < -0.39 is 0 Å². The highest BCUT2D eigenvalue weighted by atomic mass is 32.1. The van der Waals surface area contributed by atoms with Gasteiger partial charge in [-0.25, -0.2) is 0 Å². The minimum absolute atomic E-state index is 0.112. The molecule has 2 aliphatic carbocycles. The first kappa shape index (κ1) is 26.0. The lowest BCUT2D eigenvalue weighted by atomic mass is 9.81. The molecule has 0 radical (unpaired) electrons. The van der Waals surface area contributed by atoms with Gasteiger partial charge in [-0.3, -0.25) is 0 Å². The Balaban J connectivity index is 1.44. The second-order valence-corrected chi connectivity index (χ2v) is 14.2. The van der Waals surface area contributed by atoms with Gasteiger partial charge in [-0.1, -0.05) is 27.7 Å². The Morgan fingerprint density at radius 1 is 0.619 bits per heavy atom. The van der Waals surface area contributed by atoms with Crippen molar-refractivity contribution >= 4 is 56.6 Å². The standard InChI is InChI=1S/C35H23N5S2/c1-34(2)26-10-22-23-11-27-25(33-29(35(27,3)4)9-21(42-33)7-19(16-38)17-39)13-31(23)40(5)30(22)12-24(26)32-28(34)8-20(41-32)6-18(14-36)15-37/h6-13H,1-5H3. The topological polar surface area (TPSA) is 100 Å². The average Bonchev–Trinajstić information content (AvgIpc) is 3.74. The van der Waals surface area contributed by atoms with Gasteiger partial charge in [-0.2, -0.15) is 21.0 Å². The lowest BCUT2D eigenvalue weighted by Gasteiger charge is -2.21. The first-order valence-corrected chi connectivity index (χ1v) is 15.1. The summed E-state index contributed by atoms with van der Waals surface area (Å²) in [6.07, 6.45) is 3.36. The molecule has 0 aliphatic heterocycles. The van der Waals surface area contributed by atoms with Crippen LogP contribution in [0.3, 0.4) is 0 Å².